The van der Waals surface area contributed by atoms with E-state index < -0.39 is 27.4 Å². The molecule has 0 fully saturated rings. The summed E-state index contributed by atoms with van der Waals surface area (Å²) in [6, 6.07) is 5.84. The van der Waals surface area contributed by atoms with Gasteiger partial charge in [0.05, 0.1) is 0 Å². The van der Waals surface area contributed by atoms with Crippen LogP contribution in [0.2, 0.25) is 0 Å². The van der Waals surface area contributed by atoms with Gasteiger partial charge in [-0.1, -0.05) is 13.8 Å². The van der Waals surface area contributed by atoms with Crippen LogP contribution in [-0.2, 0) is 3.07 Å². The van der Waals surface area contributed by atoms with Gasteiger partial charge in [-0.05, 0) is 13.1 Å². The molecule has 1 aliphatic rings. The van der Waals surface area contributed by atoms with E-state index in [4.69, 9.17) is 0 Å². The van der Waals surface area contributed by atoms with E-state index >= 15 is 0 Å². The molecule has 30 heavy (non-hydrogen) atoms. The summed E-state index contributed by atoms with van der Waals surface area (Å²) in [5.74, 6) is -0.0165. The zero-order valence-electron chi connectivity index (χ0n) is 17.0. The van der Waals surface area contributed by atoms with Gasteiger partial charge in [0.25, 0.3) is 5.91 Å². The van der Waals surface area contributed by atoms with Gasteiger partial charge in [-0.2, -0.15) is 0 Å². The summed E-state index contributed by atoms with van der Waals surface area (Å²) in [6.07, 6.45) is 4.95. The van der Waals surface area contributed by atoms with Crippen LogP contribution in [0.25, 0.3) is 0 Å². The van der Waals surface area contributed by atoms with Crippen LogP contribution in [0.4, 0.5) is 16.2 Å². The summed E-state index contributed by atoms with van der Waals surface area (Å²) in [7, 11) is 0. The number of likely N-dealkylation sites (N-methyl/N-ethyl adjacent to an activating group) is 1. The zero-order chi connectivity index (χ0) is 21.9. The Balaban J connectivity index is 1.76. The zero-order valence-corrected chi connectivity index (χ0v) is 19.1. The Morgan fingerprint density at radius 1 is 1.20 bits per heavy atom. The van der Waals surface area contributed by atoms with Crippen molar-refractivity contribution in [3.05, 3.63) is 53.8 Å². The molecule has 10 heteroatoms. The molecule has 2 rings (SSSR count). The summed E-state index contributed by atoms with van der Waals surface area (Å²) in [6.45, 7) is 7.40. The third-order valence-corrected chi connectivity index (χ3v) is 5.38. The molecule has 0 heterocycles. The van der Waals surface area contributed by atoms with Crippen LogP contribution in [0.3, 0.4) is 0 Å². The van der Waals surface area contributed by atoms with E-state index in [0.29, 0.717) is 24.2 Å². The van der Waals surface area contributed by atoms with Crippen LogP contribution in [-0.4, -0.2) is 49.1 Å². The first-order valence-electron chi connectivity index (χ1n) is 9.69. The van der Waals surface area contributed by atoms with Crippen molar-refractivity contribution in [3.63, 3.8) is 0 Å². The fourth-order valence-corrected chi connectivity index (χ4v) is 3.55. The quantitative estimate of drug-likeness (QED) is 0.390. The number of carbonyl (C=O) groups is 2. The van der Waals surface area contributed by atoms with Crippen molar-refractivity contribution in [3.8, 4) is 0 Å². The van der Waals surface area contributed by atoms with Gasteiger partial charge in [-0.15, -0.1) is 0 Å². The molecule has 0 bridgehead atoms. The number of carbonyl (C=O) groups excluding carboxylic acids is 2. The molecule has 1 aliphatic carbocycles. The molecule has 0 saturated heterocycles. The number of anilines is 1. The summed E-state index contributed by atoms with van der Waals surface area (Å²) in [5, 5.41) is 8.30. The molecule has 0 saturated carbocycles. The number of halogens is 3. The fraction of sp³-hybridized carbons (Fsp3) is 0.400. The Hall–Kier alpha value is -2.21. The standard InChI is InChI=1S/C20H27F2IN4O3/c1-3-27(4-2)14-13-24-19(28)15-5-7-16(8-6-15)25-20(29)26-17-9-11-18(12-10-17)30-23(21)22/h5-9,11-12,17H,3-4,10,13-14H2,1-2H3,(H,24,28)(H2,25,26,29). The number of amides is 3. The van der Waals surface area contributed by atoms with Crippen LogP contribution in [0, 0.1) is 0 Å². The maximum atomic E-state index is 12.3. The molecule has 0 aromatic heterocycles. The molecular formula is C20H27F2IN4O3. The number of nitrogens with zero attached hydrogens (tertiary/aromatic N) is 1. The molecule has 3 amide bonds. The van der Waals surface area contributed by atoms with Gasteiger partial charge < -0.3 is 10.2 Å². The molecular weight excluding hydrogens is 509 g/mol. The van der Waals surface area contributed by atoms with Crippen LogP contribution in [0.5, 0.6) is 0 Å². The number of rotatable bonds is 10. The summed E-state index contributed by atoms with van der Waals surface area (Å²) in [4.78, 5) is 26.5. The Morgan fingerprint density at radius 3 is 2.47 bits per heavy atom. The van der Waals surface area contributed by atoms with E-state index in [9.17, 15) is 15.3 Å². The molecule has 1 atom stereocenters. The monoisotopic (exact) mass is 536 g/mol. The predicted molar refractivity (Wildman–Crippen MR) is 122 cm³/mol. The van der Waals surface area contributed by atoms with E-state index in [0.717, 1.165) is 19.6 Å². The molecule has 0 radical (unpaired) electrons. The number of nitrogens with one attached hydrogen (secondary N) is 3. The normalized spacial score (nSPS) is 16.0. The predicted octanol–water partition coefficient (Wildman–Crippen LogP) is 4.30. The van der Waals surface area contributed by atoms with Crippen molar-refractivity contribution in [1.29, 1.82) is 0 Å². The van der Waals surface area contributed by atoms with Crippen molar-refractivity contribution in [2.75, 3.05) is 31.5 Å². The van der Waals surface area contributed by atoms with Gasteiger partial charge in [0, 0.05) is 13.1 Å². The van der Waals surface area contributed by atoms with Gasteiger partial charge in [-0.25, -0.2) is 0 Å². The number of benzene rings is 1. The second-order valence-electron chi connectivity index (χ2n) is 6.51. The topological polar surface area (TPSA) is 82.7 Å². The second-order valence-corrected chi connectivity index (χ2v) is 7.93. The van der Waals surface area contributed by atoms with Gasteiger partial charge in [0.15, 0.2) is 0 Å². The second kappa shape index (κ2) is 12.5. The first-order valence-corrected chi connectivity index (χ1v) is 12.2. The molecule has 1 unspecified atom stereocenters. The first kappa shape index (κ1) is 24.1. The Bertz CT molecular complexity index is 768. The SMILES string of the molecule is CCN(CC)CCNC(=O)c1ccc(NC(=O)NC2C=CC(OI(F)F)=CC2)cc1. The molecule has 1 aromatic carbocycles. The van der Waals surface area contributed by atoms with Crippen LogP contribution < -0.4 is 16.0 Å². The summed E-state index contributed by atoms with van der Waals surface area (Å²) in [5.41, 5.74) is 1.05. The minimum absolute atomic E-state index is 0.148. The van der Waals surface area contributed by atoms with Crippen molar-refractivity contribution >= 4 is 39.0 Å². The van der Waals surface area contributed by atoms with E-state index in [2.05, 4.69) is 37.8 Å². The molecule has 166 valence electrons. The van der Waals surface area contributed by atoms with Gasteiger partial charge in [-0.3, -0.25) is 4.79 Å². The molecule has 1 aromatic rings. The third kappa shape index (κ3) is 8.27. The number of hydrogen-bond donors (Lipinski definition) is 3. The Kier molecular flexibility index (Phi) is 10.0. The van der Waals surface area contributed by atoms with E-state index in [1.54, 1.807) is 30.3 Å². The summed E-state index contributed by atoms with van der Waals surface area (Å²) >= 11 is -4.28. The van der Waals surface area contributed by atoms with Crippen molar-refractivity contribution < 1.29 is 18.4 Å². The number of allylic oxidation sites excluding steroid dienone is 1. The van der Waals surface area contributed by atoms with Gasteiger partial charge in [0.2, 0.25) is 0 Å². The average Bonchev–Trinajstić information content (AvgIpc) is 2.72. The molecule has 0 aliphatic heterocycles. The van der Waals surface area contributed by atoms with Gasteiger partial charge in [0.1, 0.15) is 0 Å². The molecule has 7 nitrogen and oxygen atoms in total. The van der Waals surface area contributed by atoms with Crippen molar-refractivity contribution in [2.45, 2.75) is 26.3 Å². The molecule has 0 spiro atoms. The van der Waals surface area contributed by atoms with Gasteiger partial charge >= 0.3 is 124 Å². The number of urea groups is 1. The minimum atomic E-state index is -4.28. The van der Waals surface area contributed by atoms with E-state index in [-0.39, 0.29) is 17.7 Å². The van der Waals surface area contributed by atoms with Crippen LogP contribution >= 0.6 is 21.4 Å². The molecule has 3 N–H and O–H groups in total. The maximum absolute atomic E-state index is 12.3. The third-order valence-electron chi connectivity index (χ3n) is 4.54. The first-order chi connectivity index (χ1) is 14.4. The average molecular weight is 536 g/mol. The number of hydrogen-bond acceptors (Lipinski definition) is 4. The van der Waals surface area contributed by atoms with E-state index in [1.807, 2.05) is 0 Å². The van der Waals surface area contributed by atoms with E-state index in [1.165, 1.54) is 12.2 Å². The van der Waals surface area contributed by atoms with Crippen LogP contribution in [0.15, 0.2) is 48.3 Å². The fourth-order valence-electron chi connectivity index (χ4n) is 2.84. The van der Waals surface area contributed by atoms with Crippen LogP contribution in [0.1, 0.15) is 30.6 Å². The Labute approximate surface area is 184 Å². The Morgan fingerprint density at radius 2 is 1.90 bits per heavy atom. The van der Waals surface area contributed by atoms with Crippen molar-refractivity contribution in [2.24, 2.45) is 0 Å². The van der Waals surface area contributed by atoms with Crippen molar-refractivity contribution in [1.82, 2.24) is 15.5 Å². The summed E-state index contributed by atoms with van der Waals surface area (Å²) < 4.78 is 29.1.